The van der Waals surface area contributed by atoms with E-state index in [1.807, 2.05) is 12.1 Å². The van der Waals surface area contributed by atoms with E-state index in [-0.39, 0.29) is 17.4 Å². The first-order valence-electron chi connectivity index (χ1n) is 11.5. The van der Waals surface area contributed by atoms with Gasteiger partial charge >= 0.3 is 0 Å². The first-order chi connectivity index (χ1) is 17.0. The highest BCUT2D eigenvalue weighted by molar-refractivity contribution is 7.99. The first kappa shape index (κ1) is 24.3. The second-order valence-electron chi connectivity index (χ2n) is 7.99. The molecule has 4 rings (SSSR count). The van der Waals surface area contributed by atoms with E-state index in [0.29, 0.717) is 22.2 Å². The number of aromatic nitrogens is 4. The number of carbonyl (C=O) groups is 2. The number of ketones is 1. The zero-order chi connectivity index (χ0) is 24.8. The van der Waals surface area contributed by atoms with Crippen LogP contribution >= 0.6 is 11.8 Å². The number of aryl methyl sites for hydroxylation is 2. The van der Waals surface area contributed by atoms with Gasteiger partial charge in [-0.2, -0.15) is 0 Å². The Labute approximate surface area is 209 Å². The van der Waals surface area contributed by atoms with Gasteiger partial charge in [0.25, 0.3) is 0 Å². The van der Waals surface area contributed by atoms with E-state index in [4.69, 9.17) is 0 Å². The van der Waals surface area contributed by atoms with Crippen molar-refractivity contribution in [3.63, 3.8) is 0 Å². The molecule has 8 heteroatoms. The molecule has 0 aliphatic rings. The zero-order valence-corrected chi connectivity index (χ0v) is 20.8. The SMILES string of the molecule is CCc1cccc(CC)c1-n1c(SCC(=O)c2ccc(NC(C)=O)cc2)nnc1-c1cccnc1. The molecule has 7 nitrogen and oxygen atoms in total. The van der Waals surface area contributed by atoms with Crippen LogP contribution in [0.1, 0.15) is 42.3 Å². The second kappa shape index (κ2) is 11.1. The van der Waals surface area contributed by atoms with Crippen LogP contribution in [0.5, 0.6) is 0 Å². The molecular formula is C27H27N5O2S. The Morgan fingerprint density at radius 2 is 1.66 bits per heavy atom. The van der Waals surface area contributed by atoms with Gasteiger partial charge in [-0.3, -0.25) is 19.1 Å². The molecule has 2 aromatic heterocycles. The molecule has 0 radical (unpaired) electrons. The Balaban J connectivity index is 1.68. The Kier molecular flexibility index (Phi) is 7.72. The van der Waals surface area contributed by atoms with E-state index in [1.54, 1.807) is 36.7 Å². The summed E-state index contributed by atoms with van der Waals surface area (Å²) in [6, 6.07) is 17.1. The molecule has 0 saturated carbocycles. The maximum Gasteiger partial charge on any atom is 0.221 e. The largest absolute Gasteiger partial charge is 0.326 e. The molecule has 0 spiro atoms. The molecule has 0 aliphatic carbocycles. The minimum absolute atomic E-state index is 0.0265. The van der Waals surface area contributed by atoms with E-state index in [2.05, 4.69) is 57.1 Å². The van der Waals surface area contributed by atoms with Crippen molar-refractivity contribution in [3.8, 4) is 17.1 Å². The number of Topliss-reactive ketones (excluding diaryl/α,β-unsaturated/α-hetero) is 1. The Bertz CT molecular complexity index is 1310. The lowest BCUT2D eigenvalue weighted by Crippen LogP contribution is -2.09. The standard InChI is InChI=1S/C27H27N5O2S/c1-4-19-8-6-9-20(5-2)25(19)32-26(22-10-7-15-28-16-22)30-31-27(32)35-17-24(34)21-11-13-23(14-12-21)29-18(3)33/h6-16H,4-5,17H2,1-3H3,(H,29,33). The van der Waals surface area contributed by atoms with Gasteiger partial charge in [0.15, 0.2) is 16.8 Å². The normalized spacial score (nSPS) is 10.8. The molecule has 35 heavy (non-hydrogen) atoms. The first-order valence-corrected chi connectivity index (χ1v) is 12.5. The van der Waals surface area contributed by atoms with Crippen molar-refractivity contribution in [2.45, 2.75) is 38.8 Å². The lowest BCUT2D eigenvalue weighted by Gasteiger charge is -2.17. The lowest BCUT2D eigenvalue weighted by atomic mass is 10.0. The van der Waals surface area contributed by atoms with Crippen molar-refractivity contribution >= 4 is 29.1 Å². The topological polar surface area (TPSA) is 89.8 Å². The van der Waals surface area contributed by atoms with Crippen molar-refractivity contribution in [1.82, 2.24) is 19.7 Å². The number of rotatable bonds is 9. The molecular weight excluding hydrogens is 458 g/mol. The van der Waals surface area contributed by atoms with Gasteiger partial charge in [0.2, 0.25) is 5.91 Å². The average Bonchev–Trinajstić information content (AvgIpc) is 3.30. The molecule has 0 atom stereocenters. The Morgan fingerprint density at radius 1 is 0.943 bits per heavy atom. The van der Waals surface area contributed by atoms with Gasteiger partial charge in [-0.15, -0.1) is 10.2 Å². The number of nitrogens with one attached hydrogen (secondary N) is 1. The van der Waals surface area contributed by atoms with E-state index in [9.17, 15) is 9.59 Å². The maximum absolute atomic E-state index is 12.9. The van der Waals surface area contributed by atoms with Crippen LogP contribution in [0.3, 0.4) is 0 Å². The summed E-state index contributed by atoms with van der Waals surface area (Å²) >= 11 is 1.36. The van der Waals surface area contributed by atoms with Gasteiger partial charge in [0, 0.05) is 36.1 Å². The summed E-state index contributed by atoms with van der Waals surface area (Å²) in [6.45, 7) is 5.72. The molecule has 0 aliphatic heterocycles. The van der Waals surface area contributed by atoms with Crippen molar-refractivity contribution in [1.29, 1.82) is 0 Å². The second-order valence-corrected chi connectivity index (χ2v) is 8.93. The van der Waals surface area contributed by atoms with Gasteiger partial charge < -0.3 is 5.32 Å². The van der Waals surface area contributed by atoms with Gasteiger partial charge in [-0.05, 0) is 60.4 Å². The third-order valence-electron chi connectivity index (χ3n) is 5.60. The number of carbonyl (C=O) groups excluding carboxylic acids is 2. The van der Waals surface area contributed by atoms with E-state index in [0.717, 1.165) is 24.1 Å². The smallest absolute Gasteiger partial charge is 0.221 e. The summed E-state index contributed by atoms with van der Waals surface area (Å²) in [4.78, 5) is 28.4. The van der Waals surface area contributed by atoms with Gasteiger partial charge in [0.05, 0.1) is 11.4 Å². The fourth-order valence-electron chi connectivity index (χ4n) is 3.91. The molecule has 4 aromatic rings. The summed E-state index contributed by atoms with van der Waals surface area (Å²) in [5, 5.41) is 12.4. The molecule has 0 unspecified atom stereocenters. The van der Waals surface area contributed by atoms with Crippen molar-refractivity contribution in [3.05, 3.63) is 83.7 Å². The van der Waals surface area contributed by atoms with E-state index < -0.39 is 0 Å². The average molecular weight is 486 g/mol. The summed E-state index contributed by atoms with van der Waals surface area (Å²) in [7, 11) is 0. The third-order valence-corrected chi connectivity index (χ3v) is 6.53. The fraction of sp³-hybridized carbons (Fsp3) is 0.222. The van der Waals surface area contributed by atoms with Crippen molar-refractivity contribution in [2.75, 3.05) is 11.1 Å². The number of anilines is 1. The molecule has 0 bridgehead atoms. The summed E-state index contributed by atoms with van der Waals surface area (Å²) in [5.74, 6) is 0.729. The van der Waals surface area contributed by atoms with Gasteiger partial charge in [0.1, 0.15) is 0 Å². The number of hydrogen-bond acceptors (Lipinski definition) is 6. The molecule has 2 aromatic carbocycles. The molecule has 1 N–H and O–H groups in total. The fourth-order valence-corrected chi connectivity index (χ4v) is 4.74. The minimum Gasteiger partial charge on any atom is -0.326 e. The lowest BCUT2D eigenvalue weighted by molar-refractivity contribution is -0.114. The van der Waals surface area contributed by atoms with E-state index in [1.165, 1.54) is 29.8 Å². The van der Waals surface area contributed by atoms with Crippen molar-refractivity contribution < 1.29 is 9.59 Å². The molecule has 1 amide bonds. The molecule has 178 valence electrons. The van der Waals surface area contributed by atoms with Crippen LogP contribution in [0, 0.1) is 0 Å². The monoisotopic (exact) mass is 485 g/mol. The minimum atomic E-state index is -0.151. The number of hydrogen-bond donors (Lipinski definition) is 1. The third kappa shape index (κ3) is 5.49. The molecule has 0 saturated heterocycles. The number of benzene rings is 2. The summed E-state index contributed by atoms with van der Waals surface area (Å²) in [5.41, 5.74) is 5.54. The van der Waals surface area contributed by atoms with E-state index >= 15 is 0 Å². The number of para-hydroxylation sites is 1. The van der Waals surface area contributed by atoms with Crippen LogP contribution in [0.15, 0.2) is 72.1 Å². The van der Waals surface area contributed by atoms with Crippen LogP contribution in [-0.2, 0) is 17.6 Å². The van der Waals surface area contributed by atoms with Crippen LogP contribution in [0.4, 0.5) is 5.69 Å². The zero-order valence-electron chi connectivity index (χ0n) is 20.0. The predicted molar refractivity (Wildman–Crippen MR) is 139 cm³/mol. The summed E-state index contributed by atoms with van der Waals surface area (Å²) in [6.07, 6.45) is 5.22. The van der Waals surface area contributed by atoms with Crippen LogP contribution in [-0.4, -0.2) is 37.2 Å². The predicted octanol–water partition coefficient (Wildman–Crippen LogP) is 5.39. The summed E-state index contributed by atoms with van der Waals surface area (Å²) < 4.78 is 2.06. The number of pyridine rings is 1. The van der Waals surface area contributed by atoms with Crippen molar-refractivity contribution in [2.24, 2.45) is 0 Å². The van der Waals surface area contributed by atoms with Crippen LogP contribution < -0.4 is 5.32 Å². The Hall–Kier alpha value is -3.78. The van der Waals surface area contributed by atoms with Crippen LogP contribution in [0.25, 0.3) is 17.1 Å². The quantitative estimate of drug-likeness (QED) is 0.253. The molecule has 0 fully saturated rings. The Morgan fingerprint density at radius 3 is 2.26 bits per heavy atom. The van der Waals surface area contributed by atoms with Gasteiger partial charge in [-0.25, -0.2) is 0 Å². The highest BCUT2D eigenvalue weighted by atomic mass is 32.2. The molecule has 2 heterocycles. The number of nitrogens with zero attached hydrogens (tertiary/aromatic N) is 4. The highest BCUT2D eigenvalue weighted by Crippen LogP contribution is 2.32. The number of thioether (sulfide) groups is 1. The van der Waals surface area contributed by atoms with Gasteiger partial charge in [-0.1, -0.05) is 43.8 Å². The maximum atomic E-state index is 12.9. The highest BCUT2D eigenvalue weighted by Gasteiger charge is 2.21. The van der Waals surface area contributed by atoms with Crippen LogP contribution in [0.2, 0.25) is 0 Å². The number of amides is 1.